The number of phenols is 2. The SMILES string of the molecule is Nc1cc(O)c(Cc2ccc(O)cc2Cl)cc1N=C1C=CC(=O)C=C1Cl. The summed E-state index contributed by atoms with van der Waals surface area (Å²) in [5.41, 5.74) is 8.31. The van der Waals surface area contributed by atoms with Crippen LogP contribution in [0.1, 0.15) is 11.1 Å². The summed E-state index contributed by atoms with van der Waals surface area (Å²) >= 11 is 12.2. The molecule has 3 rings (SSSR count). The van der Waals surface area contributed by atoms with Crippen molar-refractivity contribution in [2.24, 2.45) is 4.99 Å². The highest BCUT2D eigenvalue weighted by atomic mass is 35.5. The molecule has 0 heterocycles. The van der Waals surface area contributed by atoms with Crippen molar-refractivity contribution in [2.75, 3.05) is 5.73 Å². The van der Waals surface area contributed by atoms with Gasteiger partial charge < -0.3 is 15.9 Å². The minimum absolute atomic E-state index is 0.00611. The maximum absolute atomic E-state index is 11.3. The van der Waals surface area contributed by atoms with Gasteiger partial charge >= 0.3 is 0 Å². The van der Waals surface area contributed by atoms with Crippen LogP contribution in [0.15, 0.2) is 58.6 Å². The highest BCUT2D eigenvalue weighted by molar-refractivity contribution is 6.48. The smallest absolute Gasteiger partial charge is 0.180 e. The number of allylic oxidation sites excluding steroid dienone is 4. The maximum Gasteiger partial charge on any atom is 0.180 e. The molecule has 0 aromatic heterocycles. The van der Waals surface area contributed by atoms with Crippen LogP contribution in [-0.4, -0.2) is 21.7 Å². The van der Waals surface area contributed by atoms with E-state index in [9.17, 15) is 15.0 Å². The number of carbonyl (C=O) groups excluding carboxylic acids is 1. The Hall–Kier alpha value is -2.76. The summed E-state index contributed by atoms with van der Waals surface area (Å²) in [5, 5.41) is 20.2. The van der Waals surface area contributed by atoms with Crippen molar-refractivity contribution in [3.8, 4) is 11.5 Å². The van der Waals surface area contributed by atoms with Gasteiger partial charge in [0.15, 0.2) is 5.78 Å². The molecule has 2 aromatic carbocycles. The van der Waals surface area contributed by atoms with Crippen LogP contribution in [0.5, 0.6) is 11.5 Å². The number of carbonyl (C=O) groups is 1. The van der Waals surface area contributed by atoms with Crippen molar-refractivity contribution >= 4 is 46.1 Å². The average Bonchev–Trinajstić information content (AvgIpc) is 2.56. The van der Waals surface area contributed by atoms with Crippen molar-refractivity contribution in [3.05, 3.63) is 69.7 Å². The first-order chi connectivity index (χ1) is 12.3. The van der Waals surface area contributed by atoms with Gasteiger partial charge in [-0.15, -0.1) is 0 Å². The Labute approximate surface area is 159 Å². The van der Waals surface area contributed by atoms with Gasteiger partial charge in [0.05, 0.1) is 22.1 Å². The molecule has 0 amide bonds. The fourth-order valence-electron chi connectivity index (χ4n) is 2.47. The Morgan fingerprint density at radius 1 is 1.04 bits per heavy atom. The molecule has 4 N–H and O–H groups in total. The van der Waals surface area contributed by atoms with Crippen LogP contribution in [0, 0.1) is 0 Å². The van der Waals surface area contributed by atoms with Gasteiger partial charge in [0.25, 0.3) is 0 Å². The third kappa shape index (κ3) is 3.90. The van der Waals surface area contributed by atoms with E-state index in [0.29, 0.717) is 28.4 Å². The van der Waals surface area contributed by atoms with Gasteiger partial charge in [0.2, 0.25) is 0 Å². The summed E-state index contributed by atoms with van der Waals surface area (Å²) < 4.78 is 0. The van der Waals surface area contributed by atoms with Crippen LogP contribution >= 0.6 is 23.2 Å². The van der Waals surface area contributed by atoms with E-state index >= 15 is 0 Å². The van der Waals surface area contributed by atoms with Crippen LogP contribution in [0.3, 0.4) is 0 Å². The predicted octanol–water partition coefficient (Wildman–Crippen LogP) is 4.26. The van der Waals surface area contributed by atoms with E-state index in [1.54, 1.807) is 12.1 Å². The summed E-state index contributed by atoms with van der Waals surface area (Å²) in [6.07, 6.45) is 4.46. The van der Waals surface area contributed by atoms with Crippen LogP contribution < -0.4 is 5.73 Å². The lowest BCUT2D eigenvalue weighted by molar-refractivity contribution is -0.110. The molecule has 1 aliphatic rings. The molecule has 0 fully saturated rings. The molecular formula is C19H14Cl2N2O3. The Kier molecular flexibility index (Phi) is 5.02. The van der Waals surface area contributed by atoms with E-state index < -0.39 is 0 Å². The molecule has 0 spiro atoms. The Morgan fingerprint density at radius 3 is 2.50 bits per heavy atom. The molecule has 0 unspecified atom stereocenters. The first-order valence-corrected chi connectivity index (χ1v) is 8.36. The van der Waals surface area contributed by atoms with E-state index in [4.69, 9.17) is 28.9 Å². The first kappa shape index (κ1) is 18.0. The number of nitrogens with two attached hydrogens (primary N) is 1. The molecule has 0 saturated heterocycles. The summed E-state index contributed by atoms with van der Waals surface area (Å²) in [5.74, 6) is -0.144. The summed E-state index contributed by atoms with van der Waals surface area (Å²) in [4.78, 5) is 15.7. The highest BCUT2D eigenvalue weighted by Gasteiger charge is 2.13. The molecule has 132 valence electrons. The number of rotatable bonds is 3. The zero-order chi connectivity index (χ0) is 18.8. The molecule has 7 heteroatoms. The number of ketones is 1. The van der Waals surface area contributed by atoms with Crippen LogP contribution in [0.4, 0.5) is 11.4 Å². The first-order valence-electron chi connectivity index (χ1n) is 7.60. The van der Waals surface area contributed by atoms with Gasteiger partial charge in [-0.2, -0.15) is 0 Å². The maximum atomic E-state index is 11.3. The lowest BCUT2D eigenvalue weighted by atomic mass is 10.0. The number of phenolic OH excluding ortho intramolecular Hbond substituents is 2. The minimum atomic E-state index is -0.213. The summed E-state index contributed by atoms with van der Waals surface area (Å²) in [6, 6.07) is 7.66. The number of halogens is 2. The van der Waals surface area contributed by atoms with Crippen LogP contribution in [-0.2, 0) is 11.2 Å². The third-order valence-electron chi connectivity index (χ3n) is 3.81. The lowest BCUT2D eigenvalue weighted by Crippen LogP contribution is -2.04. The number of aromatic hydroxyl groups is 2. The highest BCUT2D eigenvalue weighted by Crippen LogP contribution is 2.34. The molecule has 26 heavy (non-hydrogen) atoms. The molecule has 2 aromatic rings. The molecule has 5 nitrogen and oxygen atoms in total. The molecule has 0 radical (unpaired) electrons. The number of nitrogens with zero attached hydrogens (tertiary/aromatic N) is 1. The average molecular weight is 389 g/mol. The second-order valence-electron chi connectivity index (χ2n) is 5.72. The standard InChI is InChI=1S/C19H14Cl2N2O3/c20-14-7-12(24)2-1-10(14)5-11-6-18(16(22)9-19(11)26)23-17-4-3-13(25)8-15(17)21/h1-4,6-9,24,26H,5,22H2. The van der Waals surface area contributed by atoms with Gasteiger partial charge in [-0.3, -0.25) is 4.79 Å². The minimum Gasteiger partial charge on any atom is -0.508 e. The molecular weight excluding hydrogens is 375 g/mol. The zero-order valence-electron chi connectivity index (χ0n) is 13.4. The fraction of sp³-hybridized carbons (Fsp3) is 0.0526. The molecule has 0 saturated carbocycles. The topological polar surface area (TPSA) is 95.9 Å². The van der Waals surface area contributed by atoms with Gasteiger partial charge in [0, 0.05) is 29.1 Å². The molecule has 1 aliphatic carbocycles. The second-order valence-corrected chi connectivity index (χ2v) is 6.53. The molecule has 0 aliphatic heterocycles. The number of hydrogen-bond acceptors (Lipinski definition) is 5. The van der Waals surface area contributed by atoms with Crippen molar-refractivity contribution < 1.29 is 15.0 Å². The fourth-order valence-corrected chi connectivity index (χ4v) is 2.92. The molecule has 0 atom stereocenters. The van der Waals surface area contributed by atoms with Crippen molar-refractivity contribution in [2.45, 2.75) is 6.42 Å². The van der Waals surface area contributed by atoms with Crippen molar-refractivity contribution in [1.29, 1.82) is 0 Å². The van der Waals surface area contributed by atoms with Gasteiger partial charge in [-0.25, -0.2) is 4.99 Å². The van der Waals surface area contributed by atoms with Crippen LogP contribution in [0.2, 0.25) is 5.02 Å². The second kappa shape index (κ2) is 7.23. The summed E-state index contributed by atoms with van der Waals surface area (Å²) in [6.45, 7) is 0. The largest absolute Gasteiger partial charge is 0.508 e. The predicted molar refractivity (Wildman–Crippen MR) is 104 cm³/mol. The quantitative estimate of drug-likeness (QED) is 0.540. The lowest BCUT2D eigenvalue weighted by Gasteiger charge is -2.11. The van der Waals surface area contributed by atoms with E-state index in [1.807, 2.05) is 0 Å². The number of nitrogen functional groups attached to an aromatic ring is 1. The normalized spacial score (nSPS) is 15.4. The Morgan fingerprint density at radius 2 is 1.81 bits per heavy atom. The number of anilines is 1. The third-order valence-corrected chi connectivity index (χ3v) is 4.46. The van der Waals surface area contributed by atoms with Gasteiger partial charge in [-0.05, 0) is 35.9 Å². The Bertz CT molecular complexity index is 995. The van der Waals surface area contributed by atoms with Crippen molar-refractivity contribution in [3.63, 3.8) is 0 Å². The monoisotopic (exact) mass is 388 g/mol. The van der Waals surface area contributed by atoms with E-state index in [-0.39, 0.29) is 28.0 Å². The van der Waals surface area contributed by atoms with Crippen molar-refractivity contribution in [1.82, 2.24) is 0 Å². The molecule has 0 bridgehead atoms. The summed E-state index contributed by atoms with van der Waals surface area (Å²) in [7, 11) is 0. The van der Waals surface area contributed by atoms with Gasteiger partial charge in [-0.1, -0.05) is 29.3 Å². The van der Waals surface area contributed by atoms with E-state index in [2.05, 4.69) is 4.99 Å². The van der Waals surface area contributed by atoms with Gasteiger partial charge in [0.1, 0.15) is 11.5 Å². The zero-order valence-corrected chi connectivity index (χ0v) is 14.9. The van der Waals surface area contributed by atoms with E-state index in [0.717, 1.165) is 5.56 Å². The number of benzene rings is 2. The number of aliphatic imine (C=N–C) groups is 1. The van der Waals surface area contributed by atoms with Crippen LogP contribution in [0.25, 0.3) is 0 Å². The number of hydrogen-bond donors (Lipinski definition) is 3. The Balaban J connectivity index is 1.99. The van der Waals surface area contributed by atoms with E-state index in [1.165, 1.54) is 36.4 Å².